The number of hydrogen-bond donors (Lipinski definition) is 2. The zero-order chi connectivity index (χ0) is 17.0. The van der Waals surface area contributed by atoms with E-state index in [1.165, 1.54) is 12.1 Å². The summed E-state index contributed by atoms with van der Waals surface area (Å²) in [4.78, 5) is 24.3. The molecule has 1 aromatic carbocycles. The maximum atomic E-state index is 13.3. The highest BCUT2D eigenvalue weighted by atomic mass is 19.1. The first-order valence-corrected chi connectivity index (χ1v) is 8.26. The highest BCUT2D eigenvalue weighted by molar-refractivity contribution is 6.01. The van der Waals surface area contributed by atoms with E-state index in [-0.39, 0.29) is 24.3 Å². The molecule has 1 aliphatic heterocycles. The topological polar surface area (TPSA) is 58.2 Å². The van der Waals surface area contributed by atoms with Gasteiger partial charge in [0.25, 0.3) is 0 Å². The summed E-state index contributed by atoms with van der Waals surface area (Å²) in [6.07, 6.45) is 3.21. The van der Waals surface area contributed by atoms with Gasteiger partial charge in [0.2, 0.25) is 11.8 Å². The molecule has 2 atom stereocenters. The van der Waals surface area contributed by atoms with Gasteiger partial charge in [0, 0.05) is 18.2 Å². The molecular weight excluding hydrogens is 295 g/mol. The van der Waals surface area contributed by atoms with Crippen molar-refractivity contribution in [3.05, 3.63) is 29.6 Å². The van der Waals surface area contributed by atoms with Crippen LogP contribution in [0.5, 0.6) is 0 Å². The molecule has 0 bridgehead atoms. The third-order valence-electron chi connectivity index (χ3n) is 4.18. The van der Waals surface area contributed by atoms with Gasteiger partial charge in [0.05, 0.1) is 5.92 Å². The lowest BCUT2D eigenvalue weighted by molar-refractivity contribution is -0.126. The van der Waals surface area contributed by atoms with E-state index >= 15 is 0 Å². The van der Waals surface area contributed by atoms with E-state index in [1.54, 1.807) is 6.07 Å². The minimum atomic E-state index is -0.549. The van der Waals surface area contributed by atoms with Crippen LogP contribution in [0.15, 0.2) is 18.2 Å². The Morgan fingerprint density at radius 1 is 1.35 bits per heavy atom. The lowest BCUT2D eigenvalue weighted by atomic mass is 9.89. The highest BCUT2D eigenvalue weighted by Gasteiger charge is 2.31. The van der Waals surface area contributed by atoms with Crippen LogP contribution in [-0.2, 0) is 9.59 Å². The van der Waals surface area contributed by atoms with Crippen molar-refractivity contribution in [2.75, 3.05) is 5.32 Å². The standard InChI is InChI=1S/C18H25FN2O2/c1-11(2)5-4-6-12(3)20-18(23)15-10-17(22)21-16-9-13(19)7-8-14(15)16/h7-9,11-12,15H,4-6,10H2,1-3H3,(H,20,23)(H,21,22)/t12-,15-/m0/s1. The quantitative estimate of drug-likeness (QED) is 0.841. The number of carbonyl (C=O) groups excluding carboxylic acids is 2. The summed E-state index contributed by atoms with van der Waals surface area (Å²) in [5.74, 6) is -0.735. The minimum absolute atomic E-state index is 0.0649. The van der Waals surface area contributed by atoms with Gasteiger partial charge in [-0.15, -0.1) is 0 Å². The summed E-state index contributed by atoms with van der Waals surface area (Å²) in [5.41, 5.74) is 1.08. The third-order valence-corrected chi connectivity index (χ3v) is 4.18. The molecule has 0 spiro atoms. The van der Waals surface area contributed by atoms with E-state index in [4.69, 9.17) is 0 Å². The average molecular weight is 320 g/mol. The fraction of sp³-hybridized carbons (Fsp3) is 0.556. The second-order valence-corrected chi connectivity index (χ2v) is 6.77. The molecule has 1 aromatic rings. The van der Waals surface area contributed by atoms with Crippen molar-refractivity contribution < 1.29 is 14.0 Å². The Balaban J connectivity index is 2.01. The second kappa shape index (κ2) is 7.57. The first kappa shape index (κ1) is 17.4. The first-order valence-electron chi connectivity index (χ1n) is 8.26. The molecular formula is C18H25FN2O2. The smallest absolute Gasteiger partial charge is 0.228 e. The van der Waals surface area contributed by atoms with Crippen molar-refractivity contribution in [3.8, 4) is 0 Å². The fourth-order valence-electron chi connectivity index (χ4n) is 2.92. The molecule has 5 heteroatoms. The normalized spacial score (nSPS) is 18.3. The molecule has 0 unspecified atom stereocenters. The summed E-state index contributed by atoms with van der Waals surface area (Å²) in [6.45, 7) is 6.34. The van der Waals surface area contributed by atoms with Gasteiger partial charge in [-0.2, -0.15) is 0 Å². The molecule has 2 rings (SSSR count). The van der Waals surface area contributed by atoms with Crippen LogP contribution < -0.4 is 10.6 Å². The van der Waals surface area contributed by atoms with Crippen LogP contribution in [0, 0.1) is 11.7 Å². The maximum Gasteiger partial charge on any atom is 0.228 e. The Morgan fingerprint density at radius 3 is 2.78 bits per heavy atom. The number of anilines is 1. The van der Waals surface area contributed by atoms with Crippen LogP contribution in [0.2, 0.25) is 0 Å². The Kier molecular flexibility index (Phi) is 5.74. The van der Waals surface area contributed by atoms with Crippen molar-refractivity contribution in [3.63, 3.8) is 0 Å². The first-order chi connectivity index (χ1) is 10.9. The summed E-state index contributed by atoms with van der Waals surface area (Å²) < 4.78 is 13.3. The van der Waals surface area contributed by atoms with E-state index in [2.05, 4.69) is 24.5 Å². The molecule has 0 aliphatic carbocycles. The third kappa shape index (κ3) is 4.78. The number of hydrogen-bond acceptors (Lipinski definition) is 2. The molecule has 0 fully saturated rings. The number of fused-ring (bicyclic) bond motifs is 1. The molecule has 1 aliphatic rings. The molecule has 4 nitrogen and oxygen atoms in total. The van der Waals surface area contributed by atoms with Gasteiger partial charge >= 0.3 is 0 Å². The van der Waals surface area contributed by atoms with Crippen LogP contribution in [0.1, 0.15) is 57.9 Å². The van der Waals surface area contributed by atoms with Gasteiger partial charge in [0.1, 0.15) is 5.82 Å². The molecule has 2 amide bonds. The summed E-state index contributed by atoms with van der Waals surface area (Å²) in [6, 6.07) is 4.23. The molecule has 0 radical (unpaired) electrons. The number of amides is 2. The Hall–Kier alpha value is -1.91. The van der Waals surface area contributed by atoms with Gasteiger partial charge in [-0.05, 0) is 37.0 Å². The van der Waals surface area contributed by atoms with E-state index in [0.29, 0.717) is 17.2 Å². The average Bonchev–Trinajstić information content (AvgIpc) is 2.45. The molecule has 1 heterocycles. The molecule has 126 valence electrons. The Bertz CT molecular complexity index is 586. The van der Waals surface area contributed by atoms with Crippen molar-refractivity contribution in [1.82, 2.24) is 5.32 Å². The zero-order valence-corrected chi connectivity index (χ0v) is 14.0. The molecule has 0 saturated heterocycles. The van der Waals surface area contributed by atoms with Gasteiger partial charge in [-0.1, -0.05) is 32.8 Å². The minimum Gasteiger partial charge on any atom is -0.353 e. The zero-order valence-electron chi connectivity index (χ0n) is 14.0. The lowest BCUT2D eigenvalue weighted by Gasteiger charge is -2.26. The predicted octanol–water partition coefficient (Wildman–Crippen LogP) is 3.58. The van der Waals surface area contributed by atoms with E-state index in [1.807, 2.05) is 6.92 Å². The van der Waals surface area contributed by atoms with Crippen LogP contribution in [0.3, 0.4) is 0 Å². The molecule has 23 heavy (non-hydrogen) atoms. The predicted molar refractivity (Wildman–Crippen MR) is 88.7 cm³/mol. The van der Waals surface area contributed by atoms with Gasteiger partial charge in [-0.3, -0.25) is 9.59 Å². The van der Waals surface area contributed by atoms with Crippen LogP contribution in [0.4, 0.5) is 10.1 Å². The van der Waals surface area contributed by atoms with E-state index in [9.17, 15) is 14.0 Å². The van der Waals surface area contributed by atoms with E-state index in [0.717, 1.165) is 19.3 Å². The van der Waals surface area contributed by atoms with Crippen molar-refractivity contribution in [2.24, 2.45) is 5.92 Å². The Morgan fingerprint density at radius 2 is 2.09 bits per heavy atom. The number of benzene rings is 1. The van der Waals surface area contributed by atoms with Crippen LogP contribution in [-0.4, -0.2) is 17.9 Å². The molecule has 0 saturated carbocycles. The van der Waals surface area contributed by atoms with Gasteiger partial charge in [0.15, 0.2) is 0 Å². The largest absolute Gasteiger partial charge is 0.353 e. The number of carbonyl (C=O) groups is 2. The monoisotopic (exact) mass is 320 g/mol. The molecule has 2 N–H and O–H groups in total. The summed E-state index contributed by atoms with van der Waals surface area (Å²) >= 11 is 0. The van der Waals surface area contributed by atoms with Crippen LogP contribution in [0.25, 0.3) is 0 Å². The lowest BCUT2D eigenvalue weighted by Crippen LogP contribution is -2.39. The Labute approximate surface area is 136 Å². The fourth-order valence-corrected chi connectivity index (χ4v) is 2.92. The highest BCUT2D eigenvalue weighted by Crippen LogP contribution is 2.33. The number of nitrogens with one attached hydrogen (secondary N) is 2. The van der Waals surface area contributed by atoms with Crippen molar-refractivity contribution in [1.29, 1.82) is 0 Å². The van der Waals surface area contributed by atoms with Gasteiger partial charge in [-0.25, -0.2) is 4.39 Å². The van der Waals surface area contributed by atoms with Crippen LogP contribution >= 0.6 is 0 Å². The number of halogens is 1. The number of rotatable bonds is 6. The van der Waals surface area contributed by atoms with Gasteiger partial charge < -0.3 is 10.6 Å². The summed E-state index contributed by atoms with van der Waals surface area (Å²) in [5, 5.41) is 5.61. The summed E-state index contributed by atoms with van der Waals surface area (Å²) in [7, 11) is 0. The SMILES string of the molecule is CC(C)CCC[C@H](C)NC(=O)[C@H]1CC(=O)Nc2cc(F)ccc21. The van der Waals surface area contributed by atoms with Crippen molar-refractivity contribution in [2.45, 2.75) is 58.4 Å². The van der Waals surface area contributed by atoms with Crippen molar-refractivity contribution >= 4 is 17.5 Å². The molecule has 0 aromatic heterocycles. The second-order valence-electron chi connectivity index (χ2n) is 6.77. The maximum absolute atomic E-state index is 13.3. The van der Waals surface area contributed by atoms with E-state index < -0.39 is 11.7 Å².